The van der Waals surface area contributed by atoms with Gasteiger partial charge in [-0.2, -0.15) is 0 Å². The van der Waals surface area contributed by atoms with Crippen molar-refractivity contribution in [2.75, 3.05) is 0 Å². The van der Waals surface area contributed by atoms with Crippen LogP contribution in [0.2, 0.25) is 0 Å². The second kappa shape index (κ2) is 3.30. The minimum Gasteiger partial charge on any atom is -0.393 e. The molecule has 1 saturated carbocycles. The summed E-state index contributed by atoms with van der Waals surface area (Å²) in [7, 11) is 0. The van der Waals surface area contributed by atoms with Crippen LogP contribution in [0.4, 0.5) is 0 Å². The van der Waals surface area contributed by atoms with Crippen molar-refractivity contribution >= 4 is 0 Å². The van der Waals surface area contributed by atoms with Crippen LogP contribution >= 0.6 is 0 Å². The Bertz CT molecular complexity index is 231. The third-order valence-corrected chi connectivity index (χ3v) is 3.75. The Balaban J connectivity index is 2.12. The lowest BCUT2D eigenvalue weighted by atomic mass is 9.87. The monoisotopic (exact) mass is 178 g/mol. The number of rotatable bonds is 2. The molecule has 0 aliphatic heterocycles. The average Bonchev–Trinajstić information content (AvgIpc) is 2.58. The van der Waals surface area contributed by atoms with Gasteiger partial charge in [-0.15, -0.1) is 6.58 Å². The first-order valence-electron chi connectivity index (χ1n) is 5.21. The van der Waals surface area contributed by atoms with E-state index in [1.165, 1.54) is 0 Å². The van der Waals surface area contributed by atoms with Crippen molar-refractivity contribution < 1.29 is 5.11 Å². The summed E-state index contributed by atoms with van der Waals surface area (Å²) >= 11 is 0. The van der Waals surface area contributed by atoms with E-state index < -0.39 is 0 Å². The van der Waals surface area contributed by atoms with E-state index in [0.29, 0.717) is 23.7 Å². The molecule has 0 aromatic rings. The fourth-order valence-electron chi connectivity index (χ4n) is 2.99. The summed E-state index contributed by atoms with van der Waals surface area (Å²) in [6.45, 7) is 6.01. The van der Waals surface area contributed by atoms with Crippen LogP contribution in [-0.4, -0.2) is 11.2 Å². The zero-order chi connectivity index (χ0) is 9.42. The second-order valence-corrected chi connectivity index (χ2v) is 4.48. The Labute approximate surface area is 80.2 Å². The summed E-state index contributed by atoms with van der Waals surface area (Å²) in [5.41, 5.74) is 0. The number of aliphatic hydroxyl groups excluding tert-OH is 1. The molecule has 0 aromatic carbocycles. The van der Waals surface area contributed by atoms with Gasteiger partial charge in [-0.1, -0.05) is 25.2 Å². The van der Waals surface area contributed by atoms with Crippen LogP contribution in [0.5, 0.6) is 0 Å². The molecule has 0 bridgehead atoms. The van der Waals surface area contributed by atoms with Crippen LogP contribution in [0, 0.1) is 23.7 Å². The summed E-state index contributed by atoms with van der Waals surface area (Å²) in [6, 6.07) is 0. The van der Waals surface area contributed by atoms with Gasteiger partial charge in [-0.25, -0.2) is 0 Å². The Morgan fingerprint density at radius 2 is 2.31 bits per heavy atom. The first-order chi connectivity index (χ1) is 6.24. The molecule has 2 aliphatic carbocycles. The molecule has 0 aromatic heterocycles. The van der Waals surface area contributed by atoms with Gasteiger partial charge in [0.25, 0.3) is 0 Å². The molecule has 0 unspecified atom stereocenters. The van der Waals surface area contributed by atoms with Crippen molar-refractivity contribution in [2.45, 2.75) is 25.9 Å². The van der Waals surface area contributed by atoms with Crippen molar-refractivity contribution in [3.63, 3.8) is 0 Å². The number of hydrogen-bond acceptors (Lipinski definition) is 1. The highest BCUT2D eigenvalue weighted by Gasteiger charge is 2.44. The highest BCUT2D eigenvalue weighted by atomic mass is 16.3. The van der Waals surface area contributed by atoms with Crippen LogP contribution in [0.25, 0.3) is 0 Å². The molecule has 5 atom stereocenters. The standard InChI is InChI=1S/C12H18O/c1-3-4-10-9-6-5-8(2)11(9)7-12(10)13/h3,5-6,8-13H,1,4,7H2,2H3/t8-,9+,10+,11+,12+/m0/s1. The lowest BCUT2D eigenvalue weighted by molar-refractivity contribution is 0.124. The zero-order valence-corrected chi connectivity index (χ0v) is 8.19. The number of hydrogen-bond donors (Lipinski definition) is 1. The van der Waals surface area contributed by atoms with E-state index in [2.05, 4.69) is 25.7 Å². The molecule has 0 saturated heterocycles. The zero-order valence-electron chi connectivity index (χ0n) is 8.19. The molecule has 2 rings (SSSR count). The van der Waals surface area contributed by atoms with Crippen LogP contribution in [0.15, 0.2) is 24.8 Å². The third kappa shape index (κ3) is 1.35. The Morgan fingerprint density at radius 3 is 3.00 bits per heavy atom. The Kier molecular flexibility index (Phi) is 2.29. The van der Waals surface area contributed by atoms with Crippen LogP contribution in [0.3, 0.4) is 0 Å². The second-order valence-electron chi connectivity index (χ2n) is 4.48. The van der Waals surface area contributed by atoms with E-state index in [1.54, 1.807) is 0 Å². The molecule has 13 heavy (non-hydrogen) atoms. The summed E-state index contributed by atoms with van der Waals surface area (Å²) < 4.78 is 0. The fourth-order valence-corrected chi connectivity index (χ4v) is 2.99. The normalized spacial score (nSPS) is 48.0. The van der Waals surface area contributed by atoms with Crippen LogP contribution < -0.4 is 0 Å². The van der Waals surface area contributed by atoms with Gasteiger partial charge in [0.15, 0.2) is 0 Å². The third-order valence-electron chi connectivity index (χ3n) is 3.75. The van der Waals surface area contributed by atoms with Gasteiger partial charge in [0.1, 0.15) is 0 Å². The molecule has 1 fully saturated rings. The molecule has 0 spiro atoms. The van der Waals surface area contributed by atoms with Gasteiger partial charge in [0.2, 0.25) is 0 Å². The first kappa shape index (κ1) is 9.01. The number of fused-ring (bicyclic) bond motifs is 1. The SMILES string of the molecule is C=CC[C@@H]1[C@H]2C=C[C@H](C)[C@H]2C[C@H]1O. The lowest BCUT2D eigenvalue weighted by Gasteiger charge is -2.18. The van der Waals surface area contributed by atoms with Gasteiger partial charge in [-0.05, 0) is 36.5 Å². The quantitative estimate of drug-likeness (QED) is 0.644. The smallest absolute Gasteiger partial charge is 0.0580 e. The van der Waals surface area contributed by atoms with Crippen molar-refractivity contribution in [3.8, 4) is 0 Å². The molecule has 0 amide bonds. The van der Waals surface area contributed by atoms with Crippen molar-refractivity contribution in [1.82, 2.24) is 0 Å². The minimum atomic E-state index is -0.0969. The maximum absolute atomic E-state index is 9.86. The minimum absolute atomic E-state index is 0.0969. The van der Waals surface area contributed by atoms with Crippen LogP contribution in [-0.2, 0) is 0 Å². The van der Waals surface area contributed by atoms with Crippen molar-refractivity contribution in [1.29, 1.82) is 0 Å². The average molecular weight is 178 g/mol. The summed E-state index contributed by atoms with van der Waals surface area (Å²) in [4.78, 5) is 0. The molecular formula is C12H18O. The highest BCUT2D eigenvalue weighted by molar-refractivity contribution is 5.13. The molecule has 0 radical (unpaired) electrons. The first-order valence-corrected chi connectivity index (χ1v) is 5.21. The van der Waals surface area contributed by atoms with Gasteiger partial charge < -0.3 is 5.11 Å². The van der Waals surface area contributed by atoms with Crippen LogP contribution in [0.1, 0.15) is 19.8 Å². The predicted molar refractivity (Wildman–Crippen MR) is 54.2 cm³/mol. The molecule has 1 heteroatoms. The molecule has 1 nitrogen and oxygen atoms in total. The predicted octanol–water partition coefficient (Wildman–Crippen LogP) is 2.38. The summed E-state index contributed by atoms with van der Waals surface area (Å²) in [5.74, 6) is 2.40. The summed E-state index contributed by atoms with van der Waals surface area (Å²) in [5, 5.41) is 9.86. The van der Waals surface area contributed by atoms with Gasteiger partial charge in [-0.3, -0.25) is 0 Å². The largest absolute Gasteiger partial charge is 0.393 e. The molecular weight excluding hydrogens is 160 g/mol. The fraction of sp³-hybridized carbons (Fsp3) is 0.667. The van der Waals surface area contributed by atoms with E-state index in [9.17, 15) is 5.11 Å². The molecule has 2 aliphatic rings. The van der Waals surface area contributed by atoms with E-state index in [1.807, 2.05) is 6.08 Å². The van der Waals surface area contributed by atoms with E-state index in [0.717, 1.165) is 12.8 Å². The van der Waals surface area contributed by atoms with Gasteiger partial charge in [0.05, 0.1) is 6.10 Å². The molecule has 0 heterocycles. The Morgan fingerprint density at radius 1 is 1.54 bits per heavy atom. The number of aliphatic hydroxyl groups is 1. The van der Waals surface area contributed by atoms with Gasteiger partial charge in [0, 0.05) is 0 Å². The maximum atomic E-state index is 9.86. The van der Waals surface area contributed by atoms with E-state index in [-0.39, 0.29) is 6.10 Å². The maximum Gasteiger partial charge on any atom is 0.0580 e. The highest BCUT2D eigenvalue weighted by Crippen LogP contribution is 2.47. The lowest BCUT2D eigenvalue weighted by Crippen LogP contribution is -2.17. The van der Waals surface area contributed by atoms with Crippen molar-refractivity contribution in [2.24, 2.45) is 23.7 Å². The topological polar surface area (TPSA) is 20.2 Å². The van der Waals surface area contributed by atoms with Gasteiger partial charge >= 0.3 is 0 Å². The van der Waals surface area contributed by atoms with E-state index in [4.69, 9.17) is 0 Å². The molecule has 72 valence electrons. The molecule has 1 N–H and O–H groups in total. The van der Waals surface area contributed by atoms with E-state index >= 15 is 0 Å². The summed E-state index contributed by atoms with van der Waals surface area (Å²) in [6.07, 6.45) is 8.39. The number of allylic oxidation sites excluding steroid dienone is 3. The Hall–Kier alpha value is -0.560. The van der Waals surface area contributed by atoms with Crippen molar-refractivity contribution in [3.05, 3.63) is 24.8 Å².